The molecule has 1 aliphatic heterocycles. The molecule has 0 amide bonds. The summed E-state index contributed by atoms with van der Waals surface area (Å²) in [5.41, 5.74) is 9.97. The number of hydrogen-bond donors (Lipinski definition) is 1. The molecule has 6 heteroatoms. The Morgan fingerprint density at radius 2 is 2.17 bits per heavy atom. The SMILES string of the molecule is CC(=O)n1cc(CN2CCc3nc(N)ncc3C2)c2ccccc21. The van der Waals surface area contributed by atoms with E-state index in [9.17, 15) is 4.79 Å². The normalized spacial score (nSPS) is 14.7. The van der Waals surface area contributed by atoms with Gasteiger partial charge in [0.2, 0.25) is 11.9 Å². The molecule has 0 saturated heterocycles. The number of benzene rings is 1. The Morgan fingerprint density at radius 3 is 3.00 bits per heavy atom. The molecule has 0 radical (unpaired) electrons. The number of fused-ring (bicyclic) bond motifs is 2. The molecule has 1 aliphatic rings. The highest BCUT2D eigenvalue weighted by atomic mass is 16.1. The van der Waals surface area contributed by atoms with Crippen molar-refractivity contribution in [3.05, 3.63) is 53.5 Å². The standard InChI is InChI=1S/C18H19N5O/c1-12(24)23-11-14(15-4-2-3-5-17(15)23)10-22-7-6-16-13(9-22)8-20-18(19)21-16/h2-5,8,11H,6-7,9-10H2,1H3,(H2,19,20,21). The van der Waals surface area contributed by atoms with Crippen LogP contribution in [-0.4, -0.2) is 31.9 Å². The minimum absolute atomic E-state index is 0.0327. The highest BCUT2D eigenvalue weighted by molar-refractivity contribution is 5.93. The van der Waals surface area contributed by atoms with E-state index in [4.69, 9.17) is 5.73 Å². The summed E-state index contributed by atoms with van der Waals surface area (Å²) in [5, 5.41) is 1.13. The lowest BCUT2D eigenvalue weighted by molar-refractivity contribution is 0.0941. The zero-order valence-corrected chi connectivity index (χ0v) is 13.6. The first-order valence-corrected chi connectivity index (χ1v) is 8.04. The number of nitrogen functional groups attached to an aromatic ring is 1. The summed E-state index contributed by atoms with van der Waals surface area (Å²) < 4.78 is 1.73. The van der Waals surface area contributed by atoms with Gasteiger partial charge < -0.3 is 5.73 Å². The van der Waals surface area contributed by atoms with E-state index in [1.54, 1.807) is 11.5 Å². The molecule has 3 aromatic rings. The molecule has 2 aromatic heterocycles. The van der Waals surface area contributed by atoms with Gasteiger partial charge in [0.05, 0.1) is 11.2 Å². The first kappa shape index (κ1) is 14.8. The summed E-state index contributed by atoms with van der Waals surface area (Å²) >= 11 is 0. The molecule has 0 fully saturated rings. The van der Waals surface area contributed by atoms with Crippen molar-refractivity contribution in [1.29, 1.82) is 0 Å². The van der Waals surface area contributed by atoms with Gasteiger partial charge in [-0.15, -0.1) is 0 Å². The van der Waals surface area contributed by atoms with Crippen molar-refractivity contribution >= 4 is 22.8 Å². The van der Waals surface area contributed by atoms with Crippen LogP contribution in [0.1, 0.15) is 28.5 Å². The molecular formula is C18H19N5O. The van der Waals surface area contributed by atoms with E-state index in [0.717, 1.165) is 48.2 Å². The fraction of sp³-hybridized carbons (Fsp3) is 0.278. The van der Waals surface area contributed by atoms with E-state index in [0.29, 0.717) is 5.95 Å². The van der Waals surface area contributed by atoms with Crippen LogP contribution in [0.15, 0.2) is 36.7 Å². The van der Waals surface area contributed by atoms with Crippen LogP contribution in [0, 0.1) is 0 Å². The average Bonchev–Trinajstić information content (AvgIpc) is 2.94. The number of nitrogens with two attached hydrogens (primary N) is 1. The van der Waals surface area contributed by atoms with Crippen molar-refractivity contribution in [2.75, 3.05) is 12.3 Å². The van der Waals surface area contributed by atoms with Gasteiger partial charge in [0, 0.05) is 56.3 Å². The Bertz CT molecular complexity index is 930. The van der Waals surface area contributed by atoms with Gasteiger partial charge >= 0.3 is 0 Å². The summed E-state index contributed by atoms with van der Waals surface area (Å²) in [6.07, 6.45) is 4.65. The Labute approximate surface area is 139 Å². The number of anilines is 1. The maximum absolute atomic E-state index is 11.9. The predicted molar refractivity (Wildman–Crippen MR) is 92.5 cm³/mol. The van der Waals surface area contributed by atoms with Crippen LogP contribution in [0.2, 0.25) is 0 Å². The molecule has 122 valence electrons. The molecule has 0 atom stereocenters. The Hall–Kier alpha value is -2.73. The molecule has 0 aliphatic carbocycles. The molecule has 0 unspecified atom stereocenters. The monoisotopic (exact) mass is 321 g/mol. The maximum Gasteiger partial charge on any atom is 0.227 e. The fourth-order valence-electron chi connectivity index (χ4n) is 3.40. The van der Waals surface area contributed by atoms with Crippen molar-refractivity contribution in [3.8, 4) is 0 Å². The smallest absolute Gasteiger partial charge is 0.227 e. The molecule has 0 bridgehead atoms. The zero-order chi connectivity index (χ0) is 16.7. The van der Waals surface area contributed by atoms with Crippen LogP contribution in [0.5, 0.6) is 0 Å². The second kappa shape index (κ2) is 5.72. The van der Waals surface area contributed by atoms with Gasteiger partial charge in [0.15, 0.2) is 0 Å². The third-order valence-corrected chi connectivity index (χ3v) is 4.56. The van der Waals surface area contributed by atoms with Crippen LogP contribution in [-0.2, 0) is 19.5 Å². The summed E-state index contributed by atoms with van der Waals surface area (Å²) in [6, 6.07) is 8.04. The van der Waals surface area contributed by atoms with Crippen molar-refractivity contribution < 1.29 is 4.79 Å². The average molecular weight is 321 g/mol. The van der Waals surface area contributed by atoms with Crippen molar-refractivity contribution in [2.24, 2.45) is 0 Å². The van der Waals surface area contributed by atoms with Gasteiger partial charge in [-0.2, -0.15) is 0 Å². The van der Waals surface area contributed by atoms with E-state index in [1.165, 1.54) is 5.56 Å². The number of carbonyl (C=O) groups excluding carboxylic acids is 1. The first-order chi connectivity index (χ1) is 11.6. The zero-order valence-electron chi connectivity index (χ0n) is 13.6. The number of aromatic nitrogens is 3. The topological polar surface area (TPSA) is 77.0 Å². The van der Waals surface area contributed by atoms with E-state index >= 15 is 0 Å². The molecule has 2 N–H and O–H groups in total. The molecule has 6 nitrogen and oxygen atoms in total. The molecular weight excluding hydrogens is 302 g/mol. The lowest BCUT2D eigenvalue weighted by Crippen LogP contribution is -2.31. The molecule has 4 rings (SSSR count). The van der Waals surface area contributed by atoms with Crippen LogP contribution in [0.25, 0.3) is 10.9 Å². The maximum atomic E-state index is 11.9. The highest BCUT2D eigenvalue weighted by Gasteiger charge is 2.20. The molecule has 24 heavy (non-hydrogen) atoms. The van der Waals surface area contributed by atoms with Gasteiger partial charge in [0.25, 0.3) is 0 Å². The van der Waals surface area contributed by atoms with Gasteiger partial charge in [-0.05, 0) is 11.6 Å². The third-order valence-electron chi connectivity index (χ3n) is 4.56. The third kappa shape index (κ3) is 2.55. The van der Waals surface area contributed by atoms with Crippen molar-refractivity contribution in [2.45, 2.75) is 26.4 Å². The van der Waals surface area contributed by atoms with Crippen molar-refractivity contribution in [1.82, 2.24) is 19.4 Å². The number of carbonyl (C=O) groups is 1. The number of rotatable bonds is 2. The lowest BCUT2D eigenvalue weighted by atomic mass is 10.1. The van der Waals surface area contributed by atoms with Crippen LogP contribution in [0.3, 0.4) is 0 Å². The minimum Gasteiger partial charge on any atom is -0.368 e. The summed E-state index contributed by atoms with van der Waals surface area (Å²) in [4.78, 5) is 22.7. The van der Waals surface area contributed by atoms with E-state index in [1.807, 2.05) is 30.6 Å². The second-order valence-corrected chi connectivity index (χ2v) is 6.22. The second-order valence-electron chi connectivity index (χ2n) is 6.22. The van der Waals surface area contributed by atoms with Gasteiger partial charge in [-0.3, -0.25) is 14.3 Å². The Morgan fingerprint density at radius 1 is 1.33 bits per heavy atom. The molecule has 1 aromatic carbocycles. The number of nitrogens with zero attached hydrogens (tertiary/aromatic N) is 4. The van der Waals surface area contributed by atoms with E-state index in [2.05, 4.69) is 20.9 Å². The predicted octanol–water partition coefficient (Wildman–Crippen LogP) is 2.23. The lowest BCUT2D eigenvalue weighted by Gasteiger charge is -2.27. The number of para-hydroxylation sites is 1. The van der Waals surface area contributed by atoms with Gasteiger partial charge in [0.1, 0.15) is 0 Å². The first-order valence-electron chi connectivity index (χ1n) is 8.04. The molecule has 0 spiro atoms. The van der Waals surface area contributed by atoms with Crippen LogP contribution < -0.4 is 5.73 Å². The van der Waals surface area contributed by atoms with Gasteiger partial charge in [-0.1, -0.05) is 18.2 Å². The largest absolute Gasteiger partial charge is 0.368 e. The summed E-state index contributed by atoms with van der Waals surface area (Å²) in [6.45, 7) is 4.11. The summed E-state index contributed by atoms with van der Waals surface area (Å²) in [5.74, 6) is 0.372. The van der Waals surface area contributed by atoms with Crippen LogP contribution in [0.4, 0.5) is 5.95 Å². The fourth-order valence-corrected chi connectivity index (χ4v) is 3.40. The summed E-state index contributed by atoms with van der Waals surface area (Å²) in [7, 11) is 0. The molecule has 0 saturated carbocycles. The van der Waals surface area contributed by atoms with Gasteiger partial charge in [-0.25, -0.2) is 9.97 Å². The van der Waals surface area contributed by atoms with E-state index in [-0.39, 0.29) is 5.91 Å². The quantitative estimate of drug-likeness (QED) is 0.783. The minimum atomic E-state index is 0.0327. The Kier molecular flexibility index (Phi) is 3.54. The Balaban J connectivity index is 1.63. The van der Waals surface area contributed by atoms with Crippen molar-refractivity contribution in [3.63, 3.8) is 0 Å². The van der Waals surface area contributed by atoms with E-state index < -0.39 is 0 Å². The number of hydrogen-bond acceptors (Lipinski definition) is 5. The highest BCUT2D eigenvalue weighted by Crippen LogP contribution is 2.25. The van der Waals surface area contributed by atoms with Crippen LogP contribution >= 0.6 is 0 Å². The molecule has 3 heterocycles.